The maximum Gasteiger partial charge on any atom is 0.273 e. The highest BCUT2D eigenvalue weighted by Crippen LogP contribution is 2.34. The minimum atomic E-state index is -0.843. The number of anilines is 1. The number of rotatable bonds is 7. The van der Waals surface area contributed by atoms with Gasteiger partial charge in [-0.1, -0.05) is 39.0 Å². The zero-order valence-corrected chi connectivity index (χ0v) is 21.8. The molecule has 3 heterocycles. The summed E-state index contributed by atoms with van der Waals surface area (Å²) in [7, 11) is 0. The molecule has 0 unspecified atom stereocenters. The number of nitrogens with zero attached hydrogens (tertiary/aromatic N) is 4. The van der Waals surface area contributed by atoms with Crippen LogP contribution in [-0.4, -0.2) is 55.6 Å². The van der Waals surface area contributed by atoms with E-state index < -0.39 is 11.9 Å². The number of hydrogen-bond donors (Lipinski definition) is 3. The molecule has 2 amide bonds. The number of aromatic nitrogens is 4. The van der Waals surface area contributed by atoms with Crippen molar-refractivity contribution in [3.05, 3.63) is 52.8 Å². The highest BCUT2D eigenvalue weighted by molar-refractivity contribution is 6.32. The van der Waals surface area contributed by atoms with Crippen LogP contribution in [0.25, 0.3) is 10.9 Å². The van der Waals surface area contributed by atoms with Gasteiger partial charge < -0.3 is 20.1 Å². The summed E-state index contributed by atoms with van der Waals surface area (Å²) >= 11 is 6.47. The summed E-state index contributed by atoms with van der Waals surface area (Å²) in [4.78, 5) is 30.2. The van der Waals surface area contributed by atoms with Crippen molar-refractivity contribution in [2.24, 2.45) is 0 Å². The molecule has 1 aliphatic rings. The van der Waals surface area contributed by atoms with Gasteiger partial charge in [0.2, 0.25) is 11.9 Å². The Labute approximate surface area is 214 Å². The SMILES string of the molecule is C=CC(=O)N1CC(NC(=O)c2c(F)nc(CNc3n[nH]c4cc(Cl)c(C(C)(C)C)cc34)n2C(C)C)C1. The number of benzene rings is 1. The Balaban J connectivity index is 1.54. The van der Waals surface area contributed by atoms with Crippen molar-refractivity contribution in [2.45, 2.75) is 58.7 Å². The van der Waals surface area contributed by atoms with Gasteiger partial charge in [-0.25, -0.2) is 4.98 Å². The molecule has 1 saturated heterocycles. The molecule has 192 valence electrons. The van der Waals surface area contributed by atoms with Crippen molar-refractivity contribution < 1.29 is 14.0 Å². The van der Waals surface area contributed by atoms with Crippen LogP contribution in [0.1, 0.15) is 62.5 Å². The van der Waals surface area contributed by atoms with Gasteiger partial charge in [-0.05, 0) is 43.0 Å². The van der Waals surface area contributed by atoms with Gasteiger partial charge in [0.1, 0.15) is 5.82 Å². The first-order valence-corrected chi connectivity index (χ1v) is 12.2. The van der Waals surface area contributed by atoms with E-state index >= 15 is 0 Å². The molecule has 0 atom stereocenters. The van der Waals surface area contributed by atoms with Crippen molar-refractivity contribution in [3.8, 4) is 0 Å². The largest absolute Gasteiger partial charge is 0.361 e. The van der Waals surface area contributed by atoms with Crippen molar-refractivity contribution in [3.63, 3.8) is 0 Å². The van der Waals surface area contributed by atoms with Crippen LogP contribution in [0.3, 0.4) is 0 Å². The van der Waals surface area contributed by atoms with Crippen LogP contribution in [0.5, 0.6) is 0 Å². The molecule has 1 fully saturated rings. The lowest BCUT2D eigenvalue weighted by Crippen LogP contribution is -2.60. The lowest BCUT2D eigenvalue weighted by molar-refractivity contribution is -0.130. The molecule has 11 heteroatoms. The summed E-state index contributed by atoms with van der Waals surface area (Å²) in [6.45, 7) is 14.3. The summed E-state index contributed by atoms with van der Waals surface area (Å²) in [5.41, 5.74) is 1.47. The summed E-state index contributed by atoms with van der Waals surface area (Å²) in [5, 5.41) is 14.9. The number of aromatic amines is 1. The van der Waals surface area contributed by atoms with Gasteiger partial charge in [0.05, 0.1) is 18.1 Å². The molecule has 3 aromatic rings. The van der Waals surface area contributed by atoms with Gasteiger partial charge in [-0.2, -0.15) is 9.49 Å². The Morgan fingerprint density at radius 1 is 1.33 bits per heavy atom. The minimum absolute atomic E-state index is 0.135. The molecule has 9 nitrogen and oxygen atoms in total. The standard InChI is InChI=1S/C25H31ClFN7O2/c1-7-20(35)33-11-14(12-33)29-24(36)21-22(27)30-19(34(21)13(2)3)10-28-23-15-8-16(25(4,5)6)17(26)9-18(15)31-32-23/h7-9,13-14H,1,10-12H2,2-6H3,(H,29,36)(H2,28,31,32). The van der Waals surface area contributed by atoms with Crippen LogP contribution >= 0.6 is 11.6 Å². The third kappa shape index (κ3) is 4.82. The fourth-order valence-corrected chi connectivity index (χ4v) is 4.82. The highest BCUT2D eigenvalue weighted by Gasteiger charge is 2.33. The predicted octanol–water partition coefficient (Wildman–Crippen LogP) is 4.17. The Morgan fingerprint density at radius 3 is 2.64 bits per heavy atom. The monoisotopic (exact) mass is 515 g/mol. The first kappa shape index (κ1) is 25.7. The number of H-pyrrole nitrogens is 1. The van der Waals surface area contributed by atoms with Crippen molar-refractivity contribution >= 4 is 40.1 Å². The minimum Gasteiger partial charge on any atom is -0.361 e. The first-order chi connectivity index (χ1) is 16.9. The van der Waals surface area contributed by atoms with E-state index in [1.165, 1.54) is 6.08 Å². The molecule has 2 aromatic heterocycles. The van der Waals surface area contributed by atoms with Crippen LogP contribution in [-0.2, 0) is 16.8 Å². The number of carbonyl (C=O) groups excluding carboxylic acids is 2. The van der Waals surface area contributed by atoms with E-state index in [2.05, 4.69) is 53.2 Å². The van der Waals surface area contributed by atoms with Gasteiger partial charge in [0.25, 0.3) is 5.91 Å². The summed E-state index contributed by atoms with van der Waals surface area (Å²) in [6.07, 6.45) is 1.23. The topological polar surface area (TPSA) is 108 Å². The van der Waals surface area contributed by atoms with Crippen LogP contribution in [0, 0.1) is 5.95 Å². The third-order valence-corrected chi connectivity index (χ3v) is 6.56. The van der Waals surface area contributed by atoms with E-state index in [9.17, 15) is 14.0 Å². The summed E-state index contributed by atoms with van der Waals surface area (Å²) < 4.78 is 16.5. The maximum absolute atomic E-state index is 14.9. The second-order valence-electron chi connectivity index (χ2n) is 10.3. The normalized spacial score (nSPS) is 14.3. The number of fused-ring (bicyclic) bond motifs is 1. The molecular weight excluding hydrogens is 485 g/mol. The molecule has 0 bridgehead atoms. The Hall–Kier alpha value is -3.40. The first-order valence-electron chi connectivity index (χ1n) is 11.8. The average molecular weight is 516 g/mol. The van der Waals surface area contributed by atoms with Crippen molar-refractivity contribution in [2.75, 3.05) is 18.4 Å². The highest BCUT2D eigenvalue weighted by atomic mass is 35.5. The second kappa shape index (κ2) is 9.57. The molecular formula is C25H31ClFN7O2. The van der Waals surface area contributed by atoms with Crippen LogP contribution in [0.2, 0.25) is 5.02 Å². The number of halogens is 2. The fraction of sp³-hybridized carbons (Fsp3) is 0.440. The number of hydrogen-bond acceptors (Lipinski definition) is 5. The smallest absolute Gasteiger partial charge is 0.273 e. The lowest BCUT2D eigenvalue weighted by atomic mass is 9.86. The van der Waals surface area contributed by atoms with Crippen LogP contribution in [0.4, 0.5) is 10.2 Å². The molecule has 0 spiro atoms. The summed E-state index contributed by atoms with van der Waals surface area (Å²) in [6, 6.07) is 3.37. The van der Waals surface area contributed by atoms with E-state index in [0.717, 1.165) is 16.5 Å². The second-order valence-corrected chi connectivity index (χ2v) is 10.7. The number of nitrogens with one attached hydrogen (secondary N) is 3. The molecule has 0 radical (unpaired) electrons. The van der Waals surface area contributed by atoms with Crippen LogP contribution < -0.4 is 10.6 Å². The zero-order valence-electron chi connectivity index (χ0n) is 21.1. The average Bonchev–Trinajstić information content (AvgIpc) is 3.32. The van der Waals surface area contributed by atoms with Crippen molar-refractivity contribution in [1.82, 2.24) is 30.0 Å². The maximum atomic E-state index is 14.9. The predicted molar refractivity (Wildman–Crippen MR) is 138 cm³/mol. The summed E-state index contributed by atoms with van der Waals surface area (Å²) in [5.74, 6) is -0.658. The molecule has 4 rings (SSSR count). The molecule has 0 aliphatic carbocycles. The Morgan fingerprint density at radius 2 is 2.03 bits per heavy atom. The van der Waals surface area contributed by atoms with Gasteiger partial charge >= 0.3 is 0 Å². The van der Waals surface area contributed by atoms with E-state index in [0.29, 0.717) is 29.8 Å². The lowest BCUT2D eigenvalue weighted by Gasteiger charge is -2.38. The number of likely N-dealkylation sites (tertiary alicyclic amines) is 1. The number of imidazole rings is 1. The Kier molecular flexibility index (Phi) is 6.83. The van der Waals surface area contributed by atoms with Crippen LogP contribution in [0.15, 0.2) is 24.8 Å². The van der Waals surface area contributed by atoms with E-state index in [1.807, 2.05) is 26.0 Å². The van der Waals surface area contributed by atoms with E-state index in [1.54, 1.807) is 9.47 Å². The van der Waals surface area contributed by atoms with Gasteiger partial charge in [-0.15, -0.1) is 0 Å². The van der Waals surface area contributed by atoms with Gasteiger partial charge in [0.15, 0.2) is 11.5 Å². The van der Waals surface area contributed by atoms with Gasteiger partial charge in [0, 0.05) is 29.5 Å². The molecule has 1 aromatic carbocycles. The number of amides is 2. The molecule has 1 aliphatic heterocycles. The Bertz CT molecular complexity index is 1330. The zero-order chi connectivity index (χ0) is 26.4. The number of carbonyl (C=O) groups is 2. The fourth-order valence-electron chi connectivity index (χ4n) is 4.38. The molecule has 36 heavy (non-hydrogen) atoms. The van der Waals surface area contributed by atoms with Gasteiger partial charge in [-0.3, -0.25) is 14.7 Å². The quantitative estimate of drug-likeness (QED) is 0.409. The third-order valence-electron chi connectivity index (χ3n) is 6.25. The van der Waals surface area contributed by atoms with E-state index in [-0.39, 0.29) is 35.6 Å². The van der Waals surface area contributed by atoms with E-state index in [4.69, 9.17) is 11.6 Å². The van der Waals surface area contributed by atoms with Crippen molar-refractivity contribution in [1.29, 1.82) is 0 Å². The molecule has 3 N–H and O–H groups in total. The molecule has 0 saturated carbocycles.